The van der Waals surface area contributed by atoms with Crippen LogP contribution in [-0.4, -0.2) is 28.1 Å². The quantitative estimate of drug-likeness (QED) is 0.879. The summed E-state index contributed by atoms with van der Waals surface area (Å²) in [6.07, 6.45) is 1.66. The van der Waals surface area contributed by atoms with Gasteiger partial charge in [-0.15, -0.1) is 0 Å². The number of aliphatic carboxylic acids is 1. The first-order valence-electron chi connectivity index (χ1n) is 8.43. The lowest BCUT2D eigenvalue weighted by molar-refractivity contribution is -0.145. The van der Waals surface area contributed by atoms with E-state index in [0.717, 1.165) is 16.7 Å². The first-order valence-corrected chi connectivity index (χ1v) is 8.43. The molecule has 134 valence electrons. The van der Waals surface area contributed by atoms with Gasteiger partial charge in [0.25, 0.3) is 0 Å². The number of benzene rings is 1. The summed E-state index contributed by atoms with van der Waals surface area (Å²) in [4.78, 5) is 27.1. The zero-order chi connectivity index (χ0) is 18.4. The number of pyridine rings is 1. The third kappa shape index (κ3) is 2.65. The summed E-state index contributed by atoms with van der Waals surface area (Å²) < 4.78 is 11.7. The van der Waals surface area contributed by atoms with Gasteiger partial charge in [0.05, 0.1) is 0 Å². The summed E-state index contributed by atoms with van der Waals surface area (Å²) >= 11 is 0. The number of aromatic nitrogens is 1. The van der Waals surface area contributed by atoms with Crippen LogP contribution in [0, 0.1) is 6.92 Å². The highest BCUT2D eigenvalue weighted by atomic mass is 16.5. The van der Waals surface area contributed by atoms with Crippen LogP contribution in [0.15, 0.2) is 24.4 Å². The summed E-state index contributed by atoms with van der Waals surface area (Å²) in [5.41, 5.74) is 2.51. The molecular formula is C19H18N2O5. The van der Waals surface area contributed by atoms with Crippen molar-refractivity contribution in [2.24, 2.45) is 0 Å². The van der Waals surface area contributed by atoms with E-state index in [9.17, 15) is 14.7 Å². The lowest BCUT2D eigenvalue weighted by Gasteiger charge is -2.19. The molecule has 0 spiro atoms. The van der Waals surface area contributed by atoms with Gasteiger partial charge in [-0.3, -0.25) is 4.79 Å². The lowest BCUT2D eigenvalue weighted by Crippen LogP contribution is -2.27. The third-order valence-corrected chi connectivity index (χ3v) is 4.81. The lowest BCUT2D eigenvalue weighted by atomic mass is 9.96. The average molecular weight is 354 g/mol. The Morgan fingerprint density at radius 3 is 2.96 bits per heavy atom. The van der Waals surface area contributed by atoms with Gasteiger partial charge in [-0.2, -0.15) is 0 Å². The number of anilines is 1. The van der Waals surface area contributed by atoms with E-state index in [1.807, 2.05) is 26.0 Å². The van der Waals surface area contributed by atoms with Gasteiger partial charge in [0.15, 0.2) is 0 Å². The highest BCUT2D eigenvalue weighted by Crippen LogP contribution is 2.44. The van der Waals surface area contributed by atoms with Crippen LogP contribution >= 0.6 is 0 Å². The van der Waals surface area contributed by atoms with Gasteiger partial charge in [0.1, 0.15) is 23.1 Å². The fourth-order valence-corrected chi connectivity index (χ4v) is 3.46. The number of hydrogen-bond donors (Lipinski definition) is 2. The molecule has 1 aromatic carbocycles. The molecule has 2 atom stereocenters. The molecule has 7 nitrogen and oxygen atoms in total. The van der Waals surface area contributed by atoms with Crippen LogP contribution in [-0.2, 0) is 16.0 Å². The van der Waals surface area contributed by atoms with E-state index >= 15 is 0 Å². The van der Waals surface area contributed by atoms with Crippen LogP contribution < -0.4 is 14.8 Å². The molecule has 2 aliphatic heterocycles. The Balaban J connectivity index is 1.68. The van der Waals surface area contributed by atoms with Crippen molar-refractivity contribution in [3.63, 3.8) is 0 Å². The number of carboxylic acids is 1. The Bertz CT molecular complexity index is 924. The number of carboxylic acid groups (broad SMARTS) is 1. The molecule has 0 aliphatic carbocycles. The Labute approximate surface area is 150 Å². The van der Waals surface area contributed by atoms with Crippen molar-refractivity contribution in [2.75, 3.05) is 5.32 Å². The molecule has 2 aliphatic rings. The van der Waals surface area contributed by atoms with Crippen molar-refractivity contribution in [1.29, 1.82) is 0 Å². The maximum atomic E-state index is 11.5. The minimum Gasteiger partial charge on any atom is -0.478 e. The maximum absolute atomic E-state index is 11.5. The molecule has 0 bridgehead atoms. The first kappa shape index (κ1) is 16.4. The van der Waals surface area contributed by atoms with Crippen LogP contribution in [0.5, 0.6) is 17.2 Å². The van der Waals surface area contributed by atoms with Gasteiger partial charge >= 0.3 is 5.97 Å². The largest absolute Gasteiger partial charge is 0.478 e. The molecule has 26 heavy (non-hydrogen) atoms. The van der Waals surface area contributed by atoms with Crippen molar-refractivity contribution < 1.29 is 24.2 Å². The Morgan fingerprint density at radius 2 is 2.19 bits per heavy atom. The van der Waals surface area contributed by atoms with Crippen molar-refractivity contribution in [1.82, 2.24) is 4.98 Å². The number of hydrogen-bond acceptors (Lipinski definition) is 5. The second kappa shape index (κ2) is 6.01. The molecule has 2 aromatic rings. The molecule has 0 saturated carbocycles. The predicted molar refractivity (Wildman–Crippen MR) is 92.9 cm³/mol. The van der Waals surface area contributed by atoms with Crippen LogP contribution in [0.2, 0.25) is 0 Å². The zero-order valence-electron chi connectivity index (χ0n) is 14.4. The van der Waals surface area contributed by atoms with E-state index in [1.54, 1.807) is 12.3 Å². The second-order valence-corrected chi connectivity index (χ2v) is 6.61. The molecule has 4 rings (SSSR count). The average Bonchev–Trinajstić information content (AvgIpc) is 2.93. The van der Waals surface area contributed by atoms with Crippen molar-refractivity contribution in [3.8, 4) is 17.2 Å². The SMILES string of the molecule is Cc1cc(Oc2ccnc3c2CCC(=O)N3)cc2c1O[C@H](C(=O)O)C2C. The van der Waals surface area contributed by atoms with Crippen LogP contribution in [0.4, 0.5) is 5.82 Å². The Kier molecular flexibility index (Phi) is 3.79. The van der Waals surface area contributed by atoms with E-state index in [1.165, 1.54) is 0 Å². The van der Waals surface area contributed by atoms with Crippen LogP contribution in [0.3, 0.4) is 0 Å². The monoisotopic (exact) mass is 354 g/mol. The number of amides is 1. The van der Waals surface area contributed by atoms with E-state index in [4.69, 9.17) is 9.47 Å². The Morgan fingerprint density at radius 1 is 1.38 bits per heavy atom. The molecular weight excluding hydrogens is 336 g/mol. The van der Waals surface area contributed by atoms with Crippen molar-refractivity contribution in [2.45, 2.75) is 38.7 Å². The first-order chi connectivity index (χ1) is 12.4. The number of nitrogens with one attached hydrogen (secondary N) is 1. The minimum atomic E-state index is -0.977. The molecule has 3 heterocycles. The molecule has 1 aromatic heterocycles. The summed E-state index contributed by atoms with van der Waals surface area (Å²) in [5, 5.41) is 12.1. The van der Waals surface area contributed by atoms with Crippen molar-refractivity contribution >= 4 is 17.7 Å². The van der Waals surface area contributed by atoms with E-state index in [2.05, 4.69) is 10.3 Å². The van der Waals surface area contributed by atoms with E-state index < -0.39 is 12.1 Å². The van der Waals surface area contributed by atoms with Crippen LogP contribution in [0.25, 0.3) is 0 Å². The van der Waals surface area contributed by atoms with Crippen LogP contribution in [0.1, 0.15) is 36.0 Å². The van der Waals surface area contributed by atoms with Gasteiger partial charge in [-0.1, -0.05) is 6.92 Å². The van der Waals surface area contributed by atoms with E-state index in [0.29, 0.717) is 35.9 Å². The highest BCUT2D eigenvalue weighted by Gasteiger charge is 2.37. The predicted octanol–water partition coefficient (Wildman–Crippen LogP) is 3.02. The number of carbonyl (C=O) groups excluding carboxylic acids is 1. The molecule has 0 saturated heterocycles. The molecule has 2 N–H and O–H groups in total. The van der Waals surface area contributed by atoms with Gasteiger partial charge in [0.2, 0.25) is 12.0 Å². The molecule has 1 unspecified atom stereocenters. The minimum absolute atomic E-state index is 0.0544. The maximum Gasteiger partial charge on any atom is 0.345 e. The zero-order valence-corrected chi connectivity index (χ0v) is 14.4. The number of ether oxygens (including phenoxy) is 2. The molecule has 1 amide bonds. The summed E-state index contributed by atoms with van der Waals surface area (Å²) in [6.45, 7) is 3.70. The number of fused-ring (bicyclic) bond motifs is 2. The fourth-order valence-electron chi connectivity index (χ4n) is 3.46. The summed E-state index contributed by atoms with van der Waals surface area (Å²) in [5.74, 6) is 1.08. The van der Waals surface area contributed by atoms with E-state index in [-0.39, 0.29) is 11.8 Å². The number of aryl methyl sites for hydroxylation is 1. The van der Waals surface area contributed by atoms with Gasteiger partial charge in [-0.05, 0) is 37.1 Å². The van der Waals surface area contributed by atoms with Gasteiger partial charge in [0, 0.05) is 29.7 Å². The van der Waals surface area contributed by atoms with Gasteiger partial charge in [-0.25, -0.2) is 9.78 Å². The van der Waals surface area contributed by atoms with Crippen molar-refractivity contribution in [3.05, 3.63) is 41.1 Å². The standard InChI is InChI=1S/C19H18N2O5/c1-9-7-11(8-13-10(2)17(19(23)24)26-16(9)13)25-14-5-6-20-18-12(14)3-4-15(22)21-18/h5-8,10,17H,3-4H2,1-2H3,(H,23,24)(H,20,21,22)/t10?,17-/m0/s1. The molecule has 7 heteroatoms. The molecule has 0 fully saturated rings. The second-order valence-electron chi connectivity index (χ2n) is 6.61. The molecule has 0 radical (unpaired) electrons. The smallest absolute Gasteiger partial charge is 0.345 e. The summed E-state index contributed by atoms with van der Waals surface area (Å²) in [6, 6.07) is 5.41. The third-order valence-electron chi connectivity index (χ3n) is 4.81. The number of carbonyl (C=O) groups is 2. The van der Waals surface area contributed by atoms with Gasteiger partial charge < -0.3 is 19.9 Å². The topological polar surface area (TPSA) is 97.8 Å². The highest BCUT2D eigenvalue weighted by molar-refractivity contribution is 5.93. The number of nitrogens with zero attached hydrogens (tertiary/aromatic N) is 1. The Hall–Kier alpha value is -3.09. The fraction of sp³-hybridized carbons (Fsp3) is 0.316. The summed E-state index contributed by atoms with van der Waals surface area (Å²) in [7, 11) is 0. The normalized spacial score (nSPS) is 20.6. The number of rotatable bonds is 3.